The topological polar surface area (TPSA) is 115 Å². The molecule has 1 heterocycles. The average Bonchev–Trinajstić information content (AvgIpc) is 3.70. The number of rotatable bonds is 11. The van der Waals surface area contributed by atoms with E-state index in [4.69, 9.17) is 18.9 Å². The summed E-state index contributed by atoms with van der Waals surface area (Å²) >= 11 is 0. The molecule has 2 amide bonds. The standard InChI is InChI=1S/C28H42N2O8/c1-18-23(36-6)12-19(13-24(18)37-11-7-10-35-5)15-30(22-8-9-22)25(31)20-14-21(26(32)33)17-29(16-20)27(34)38-28(2,3)4/h12-13,20-22H,7-11,14-17H2,1-6H3,(H,32,33)/t20-,21+/m1/s1. The Kier molecular flexibility index (Phi) is 9.87. The quantitative estimate of drug-likeness (QED) is 0.426. The van der Waals surface area contributed by atoms with E-state index in [1.54, 1.807) is 35.0 Å². The Morgan fingerprint density at radius 1 is 1.05 bits per heavy atom. The normalized spacial score (nSPS) is 19.6. The van der Waals surface area contributed by atoms with E-state index in [0.29, 0.717) is 31.3 Å². The Morgan fingerprint density at radius 3 is 2.29 bits per heavy atom. The molecule has 0 spiro atoms. The molecule has 0 radical (unpaired) electrons. The van der Waals surface area contributed by atoms with Crippen molar-refractivity contribution in [2.45, 2.75) is 71.6 Å². The van der Waals surface area contributed by atoms with Gasteiger partial charge in [-0.05, 0) is 64.7 Å². The van der Waals surface area contributed by atoms with E-state index in [2.05, 4.69) is 0 Å². The highest BCUT2D eigenvalue weighted by Gasteiger charge is 2.42. The van der Waals surface area contributed by atoms with Crippen LogP contribution in [0.4, 0.5) is 4.79 Å². The highest BCUT2D eigenvalue weighted by molar-refractivity contribution is 5.82. The number of carbonyl (C=O) groups excluding carboxylic acids is 2. The Hall–Kier alpha value is -3.01. The number of ether oxygens (including phenoxy) is 4. The Morgan fingerprint density at radius 2 is 1.71 bits per heavy atom. The minimum atomic E-state index is -1.02. The van der Waals surface area contributed by atoms with Crippen molar-refractivity contribution in [3.8, 4) is 11.5 Å². The van der Waals surface area contributed by atoms with Crippen LogP contribution in [0.25, 0.3) is 0 Å². The number of carbonyl (C=O) groups is 3. The second-order valence-corrected chi connectivity index (χ2v) is 11.2. The van der Waals surface area contributed by atoms with Gasteiger partial charge in [0.1, 0.15) is 17.1 Å². The van der Waals surface area contributed by atoms with Crippen molar-refractivity contribution in [2.75, 3.05) is 40.5 Å². The van der Waals surface area contributed by atoms with E-state index in [-0.39, 0.29) is 31.5 Å². The van der Waals surface area contributed by atoms with Crippen LogP contribution in [0.5, 0.6) is 11.5 Å². The summed E-state index contributed by atoms with van der Waals surface area (Å²) in [5.41, 5.74) is 1.02. The highest BCUT2D eigenvalue weighted by Crippen LogP contribution is 2.35. The molecule has 10 heteroatoms. The first-order chi connectivity index (χ1) is 17.9. The third-order valence-electron chi connectivity index (χ3n) is 6.77. The zero-order valence-electron chi connectivity index (χ0n) is 23.5. The number of hydrogen-bond acceptors (Lipinski definition) is 7. The van der Waals surface area contributed by atoms with Crippen molar-refractivity contribution in [3.63, 3.8) is 0 Å². The summed E-state index contributed by atoms with van der Waals surface area (Å²) in [4.78, 5) is 41.7. The van der Waals surface area contributed by atoms with Crippen LogP contribution in [0, 0.1) is 18.8 Å². The number of piperidine rings is 1. The first kappa shape index (κ1) is 29.5. The number of hydrogen-bond donors (Lipinski definition) is 1. The zero-order chi connectivity index (χ0) is 28.0. The van der Waals surface area contributed by atoms with E-state index in [1.165, 1.54) is 4.90 Å². The molecule has 10 nitrogen and oxygen atoms in total. The number of nitrogens with zero attached hydrogens (tertiary/aromatic N) is 2. The van der Waals surface area contributed by atoms with Crippen LogP contribution in [0.2, 0.25) is 0 Å². The van der Waals surface area contributed by atoms with Gasteiger partial charge in [-0.2, -0.15) is 0 Å². The molecule has 2 fully saturated rings. The number of likely N-dealkylation sites (tertiary alicyclic amines) is 1. The molecule has 1 N–H and O–H groups in total. The van der Waals surface area contributed by atoms with Crippen LogP contribution in [0.1, 0.15) is 57.6 Å². The molecule has 1 aromatic carbocycles. The van der Waals surface area contributed by atoms with E-state index < -0.39 is 29.5 Å². The maximum atomic E-state index is 13.8. The van der Waals surface area contributed by atoms with Crippen LogP contribution >= 0.6 is 0 Å². The molecule has 0 unspecified atom stereocenters. The second kappa shape index (κ2) is 12.7. The van der Waals surface area contributed by atoms with Gasteiger partial charge in [0.2, 0.25) is 5.91 Å². The van der Waals surface area contributed by atoms with Crippen molar-refractivity contribution in [1.29, 1.82) is 0 Å². The fourth-order valence-corrected chi connectivity index (χ4v) is 4.69. The third kappa shape index (κ3) is 7.99. The van der Waals surface area contributed by atoms with E-state index in [9.17, 15) is 19.5 Å². The van der Waals surface area contributed by atoms with E-state index in [0.717, 1.165) is 30.4 Å². The minimum absolute atomic E-state index is 0.0242. The van der Waals surface area contributed by atoms with Gasteiger partial charge in [-0.25, -0.2) is 4.79 Å². The number of carboxylic acids is 1. The number of carboxylic acid groups (broad SMARTS) is 1. The van der Waals surface area contributed by atoms with Crippen molar-refractivity contribution in [2.24, 2.45) is 11.8 Å². The van der Waals surface area contributed by atoms with Crippen molar-refractivity contribution in [1.82, 2.24) is 9.80 Å². The molecule has 212 valence electrons. The van der Waals surface area contributed by atoms with Gasteiger partial charge in [0.15, 0.2) is 0 Å². The summed E-state index contributed by atoms with van der Waals surface area (Å²) in [6, 6.07) is 3.93. The largest absolute Gasteiger partial charge is 0.496 e. The molecule has 1 saturated carbocycles. The molecule has 0 bridgehead atoms. The maximum absolute atomic E-state index is 13.8. The summed E-state index contributed by atoms with van der Waals surface area (Å²) in [6.07, 6.45) is 2.11. The number of methoxy groups -OCH3 is 2. The van der Waals surface area contributed by atoms with Crippen LogP contribution in [0.3, 0.4) is 0 Å². The van der Waals surface area contributed by atoms with Crippen LogP contribution in [-0.4, -0.2) is 85.0 Å². The maximum Gasteiger partial charge on any atom is 0.410 e. The first-order valence-corrected chi connectivity index (χ1v) is 13.2. The van der Waals surface area contributed by atoms with Crippen molar-refractivity contribution in [3.05, 3.63) is 23.3 Å². The molecule has 1 aliphatic carbocycles. The fourth-order valence-electron chi connectivity index (χ4n) is 4.69. The van der Waals surface area contributed by atoms with Crippen LogP contribution < -0.4 is 9.47 Å². The van der Waals surface area contributed by atoms with E-state index in [1.807, 2.05) is 24.0 Å². The van der Waals surface area contributed by atoms with Gasteiger partial charge in [0.05, 0.1) is 25.6 Å². The third-order valence-corrected chi connectivity index (χ3v) is 6.77. The molecule has 0 aromatic heterocycles. The van der Waals surface area contributed by atoms with Gasteiger partial charge in [-0.3, -0.25) is 9.59 Å². The van der Waals surface area contributed by atoms with Gasteiger partial charge in [0.25, 0.3) is 0 Å². The predicted octanol–water partition coefficient (Wildman–Crippen LogP) is 3.87. The molecule has 2 atom stereocenters. The van der Waals surface area contributed by atoms with Gasteiger partial charge in [-0.15, -0.1) is 0 Å². The van der Waals surface area contributed by atoms with Crippen molar-refractivity contribution < 1.29 is 38.4 Å². The lowest BCUT2D eigenvalue weighted by Gasteiger charge is -2.38. The molecular formula is C28H42N2O8. The molecule has 1 aromatic rings. The zero-order valence-corrected chi connectivity index (χ0v) is 23.5. The van der Waals surface area contributed by atoms with Gasteiger partial charge in [-0.1, -0.05) is 0 Å². The van der Waals surface area contributed by atoms with Gasteiger partial charge < -0.3 is 33.9 Å². The minimum Gasteiger partial charge on any atom is -0.496 e. The fraction of sp³-hybridized carbons (Fsp3) is 0.679. The molecule has 1 aliphatic heterocycles. The monoisotopic (exact) mass is 534 g/mol. The highest BCUT2D eigenvalue weighted by atomic mass is 16.6. The summed E-state index contributed by atoms with van der Waals surface area (Å²) < 4.78 is 22.1. The van der Waals surface area contributed by atoms with Gasteiger partial charge in [0, 0.05) is 51.4 Å². The molecule has 3 rings (SSSR count). The Labute approximate surface area is 225 Å². The average molecular weight is 535 g/mol. The SMILES string of the molecule is COCCCOc1cc(CN(C(=O)[C@@H]2C[C@H](C(=O)O)CN(C(=O)OC(C)(C)C)C2)C2CC2)cc(OC)c1C. The summed E-state index contributed by atoms with van der Waals surface area (Å²) in [7, 11) is 3.25. The summed E-state index contributed by atoms with van der Waals surface area (Å²) in [5.74, 6) is -1.26. The smallest absolute Gasteiger partial charge is 0.410 e. The Balaban J connectivity index is 1.80. The number of amides is 2. The van der Waals surface area contributed by atoms with Crippen LogP contribution in [0.15, 0.2) is 12.1 Å². The number of benzene rings is 1. The lowest BCUT2D eigenvalue weighted by atomic mass is 9.88. The Bertz CT molecular complexity index is 1000. The summed E-state index contributed by atoms with van der Waals surface area (Å²) in [6.45, 7) is 8.78. The van der Waals surface area contributed by atoms with Gasteiger partial charge >= 0.3 is 12.1 Å². The van der Waals surface area contributed by atoms with Crippen LogP contribution in [-0.2, 0) is 25.6 Å². The lowest BCUT2D eigenvalue weighted by molar-refractivity contribution is -0.147. The predicted molar refractivity (Wildman–Crippen MR) is 140 cm³/mol. The lowest BCUT2D eigenvalue weighted by Crippen LogP contribution is -2.52. The molecular weight excluding hydrogens is 492 g/mol. The first-order valence-electron chi connectivity index (χ1n) is 13.2. The van der Waals surface area contributed by atoms with Crippen molar-refractivity contribution >= 4 is 18.0 Å². The summed E-state index contributed by atoms with van der Waals surface area (Å²) in [5, 5.41) is 9.74. The second-order valence-electron chi connectivity index (χ2n) is 11.2. The molecule has 38 heavy (non-hydrogen) atoms. The van der Waals surface area contributed by atoms with E-state index >= 15 is 0 Å². The number of aliphatic carboxylic acids is 1. The molecule has 1 saturated heterocycles. The molecule has 2 aliphatic rings.